The molecule has 0 aromatic carbocycles. The van der Waals surface area contributed by atoms with Gasteiger partial charge in [0.1, 0.15) is 0 Å². The van der Waals surface area contributed by atoms with Crippen molar-refractivity contribution in [2.24, 2.45) is 17.3 Å². The summed E-state index contributed by atoms with van der Waals surface area (Å²) in [7, 11) is 0. The Balaban J connectivity index is 3.93. The molecular weight excluding hydrogens is 206 g/mol. The summed E-state index contributed by atoms with van der Waals surface area (Å²) in [5, 5.41) is 3.61. The van der Waals surface area contributed by atoms with Crippen LogP contribution in [-0.4, -0.2) is 13.1 Å². The first-order chi connectivity index (χ1) is 7.91. The van der Waals surface area contributed by atoms with Crippen LogP contribution >= 0.6 is 0 Å². The van der Waals surface area contributed by atoms with Gasteiger partial charge in [-0.15, -0.1) is 0 Å². The molecule has 0 rings (SSSR count). The summed E-state index contributed by atoms with van der Waals surface area (Å²) in [5.74, 6) is 1.68. The maximum Gasteiger partial charge on any atom is 0.000273 e. The molecule has 0 bridgehead atoms. The molecule has 0 amide bonds. The van der Waals surface area contributed by atoms with E-state index >= 15 is 0 Å². The molecule has 0 spiro atoms. The molecule has 0 radical (unpaired) electrons. The lowest BCUT2D eigenvalue weighted by atomic mass is 9.79. The zero-order chi connectivity index (χ0) is 13.3. The molecule has 0 aliphatic carbocycles. The second kappa shape index (κ2) is 8.97. The number of rotatable bonds is 10. The molecule has 1 nitrogen and oxygen atoms in total. The van der Waals surface area contributed by atoms with Crippen molar-refractivity contribution >= 4 is 0 Å². The van der Waals surface area contributed by atoms with Gasteiger partial charge in [0.05, 0.1) is 0 Å². The molecule has 0 saturated heterocycles. The summed E-state index contributed by atoms with van der Waals surface area (Å²) in [5.41, 5.74) is 0.448. The first-order valence-corrected chi connectivity index (χ1v) is 7.62. The molecule has 0 aliphatic rings. The van der Waals surface area contributed by atoms with Crippen LogP contribution in [0.5, 0.6) is 0 Å². The highest BCUT2D eigenvalue weighted by Crippen LogP contribution is 2.29. The zero-order valence-corrected chi connectivity index (χ0v) is 13.1. The molecule has 0 saturated carbocycles. The fourth-order valence-electron chi connectivity index (χ4n) is 2.50. The van der Waals surface area contributed by atoms with Gasteiger partial charge >= 0.3 is 0 Å². The number of unbranched alkanes of at least 4 members (excludes halogenated alkanes) is 1. The third-order valence-corrected chi connectivity index (χ3v) is 3.54. The first-order valence-electron chi connectivity index (χ1n) is 7.62. The molecule has 1 heteroatoms. The van der Waals surface area contributed by atoms with Gasteiger partial charge < -0.3 is 5.32 Å². The van der Waals surface area contributed by atoms with E-state index in [9.17, 15) is 0 Å². The third-order valence-electron chi connectivity index (χ3n) is 3.54. The zero-order valence-electron chi connectivity index (χ0n) is 13.1. The van der Waals surface area contributed by atoms with E-state index in [4.69, 9.17) is 0 Å². The second-order valence-corrected chi connectivity index (χ2v) is 6.81. The van der Waals surface area contributed by atoms with Gasteiger partial charge in [0, 0.05) is 6.54 Å². The quantitative estimate of drug-likeness (QED) is 0.575. The van der Waals surface area contributed by atoms with Gasteiger partial charge in [-0.1, -0.05) is 67.2 Å². The highest BCUT2D eigenvalue weighted by molar-refractivity contribution is 4.76. The maximum absolute atomic E-state index is 3.61. The van der Waals surface area contributed by atoms with Crippen molar-refractivity contribution in [3.63, 3.8) is 0 Å². The van der Waals surface area contributed by atoms with Gasteiger partial charge in [0.25, 0.3) is 0 Å². The van der Waals surface area contributed by atoms with Crippen molar-refractivity contribution in [3.8, 4) is 0 Å². The minimum absolute atomic E-state index is 0.448. The summed E-state index contributed by atoms with van der Waals surface area (Å²) in [4.78, 5) is 0. The molecule has 1 N–H and O–H groups in total. The van der Waals surface area contributed by atoms with E-state index < -0.39 is 0 Å². The average Bonchev–Trinajstić information content (AvgIpc) is 2.23. The topological polar surface area (TPSA) is 12.0 Å². The predicted molar refractivity (Wildman–Crippen MR) is 79.4 cm³/mol. The predicted octanol–water partition coefficient (Wildman–Crippen LogP) is 4.86. The lowest BCUT2D eigenvalue weighted by molar-refractivity contribution is 0.237. The Hall–Kier alpha value is -0.0400. The van der Waals surface area contributed by atoms with E-state index in [1.54, 1.807) is 0 Å². The molecule has 0 heterocycles. The van der Waals surface area contributed by atoms with E-state index in [1.165, 1.54) is 32.1 Å². The standard InChI is InChI=1S/C16H35N/c1-7-9-10-15(8-2)11-16(5,6)13-17-12-14(3)4/h14-15,17H,7-13H2,1-6H3. The van der Waals surface area contributed by atoms with Crippen molar-refractivity contribution in [1.29, 1.82) is 0 Å². The van der Waals surface area contributed by atoms with E-state index in [-0.39, 0.29) is 0 Å². The Morgan fingerprint density at radius 2 is 1.76 bits per heavy atom. The Kier molecular flexibility index (Phi) is 8.94. The maximum atomic E-state index is 3.61. The van der Waals surface area contributed by atoms with Crippen LogP contribution in [0.2, 0.25) is 0 Å². The van der Waals surface area contributed by atoms with Crippen molar-refractivity contribution in [3.05, 3.63) is 0 Å². The Morgan fingerprint density at radius 3 is 2.24 bits per heavy atom. The van der Waals surface area contributed by atoms with Gasteiger partial charge in [-0.2, -0.15) is 0 Å². The first kappa shape index (κ1) is 17.0. The third kappa shape index (κ3) is 9.64. The lowest BCUT2D eigenvalue weighted by Gasteiger charge is -2.30. The number of nitrogens with one attached hydrogen (secondary N) is 1. The fourth-order valence-corrected chi connectivity index (χ4v) is 2.50. The Labute approximate surface area is 110 Å². The molecular formula is C16H35N. The lowest BCUT2D eigenvalue weighted by Crippen LogP contribution is -2.33. The summed E-state index contributed by atoms with van der Waals surface area (Å²) in [6.07, 6.45) is 6.86. The normalized spacial score (nSPS) is 14.3. The van der Waals surface area contributed by atoms with Crippen LogP contribution in [0.1, 0.15) is 73.6 Å². The van der Waals surface area contributed by atoms with Crippen LogP contribution in [-0.2, 0) is 0 Å². The van der Waals surface area contributed by atoms with Gasteiger partial charge in [-0.25, -0.2) is 0 Å². The van der Waals surface area contributed by atoms with Crippen molar-refractivity contribution < 1.29 is 0 Å². The van der Waals surface area contributed by atoms with E-state index in [1.807, 2.05) is 0 Å². The summed E-state index contributed by atoms with van der Waals surface area (Å²) >= 11 is 0. The van der Waals surface area contributed by atoms with Crippen LogP contribution in [0.15, 0.2) is 0 Å². The smallest absolute Gasteiger partial charge is 0.000273 e. The highest BCUT2D eigenvalue weighted by Gasteiger charge is 2.21. The summed E-state index contributed by atoms with van der Waals surface area (Å²) in [6, 6.07) is 0. The monoisotopic (exact) mass is 241 g/mol. The van der Waals surface area contributed by atoms with Crippen molar-refractivity contribution in [2.45, 2.75) is 73.6 Å². The summed E-state index contributed by atoms with van der Waals surface area (Å²) in [6.45, 7) is 16.3. The average molecular weight is 241 g/mol. The van der Waals surface area contributed by atoms with Crippen LogP contribution in [0.3, 0.4) is 0 Å². The SMILES string of the molecule is CCCCC(CC)CC(C)(C)CNCC(C)C. The Morgan fingerprint density at radius 1 is 1.12 bits per heavy atom. The minimum Gasteiger partial charge on any atom is -0.316 e. The van der Waals surface area contributed by atoms with Crippen molar-refractivity contribution in [1.82, 2.24) is 5.32 Å². The van der Waals surface area contributed by atoms with E-state index in [0.717, 1.165) is 24.9 Å². The second-order valence-electron chi connectivity index (χ2n) is 6.81. The molecule has 1 atom stereocenters. The van der Waals surface area contributed by atoms with Crippen LogP contribution in [0, 0.1) is 17.3 Å². The van der Waals surface area contributed by atoms with Crippen molar-refractivity contribution in [2.75, 3.05) is 13.1 Å². The van der Waals surface area contributed by atoms with Gasteiger partial charge in [-0.3, -0.25) is 0 Å². The largest absolute Gasteiger partial charge is 0.316 e. The van der Waals surface area contributed by atoms with E-state index in [0.29, 0.717) is 5.41 Å². The fraction of sp³-hybridized carbons (Fsp3) is 1.00. The molecule has 0 fully saturated rings. The molecule has 0 aromatic heterocycles. The van der Waals surface area contributed by atoms with Crippen LogP contribution < -0.4 is 5.32 Å². The minimum atomic E-state index is 0.448. The molecule has 0 aliphatic heterocycles. The van der Waals surface area contributed by atoms with Crippen LogP contribution in [0.4, 0.5) is 0 Å². The van der Waals surface area contributed by atoms with Gasteiger partial charge in [0.2, 0.25) is 0 Å². The van der Waals surface area contributed by atoms with E-state index in [2.05, 4.69) is 46.9 Å². The molecule has 0 aromatic rings. The molecule has 17 heavy (non-hydrogen) atoms. The summed E-state index contributed by atoms with van der Waals surface area (Å²) < 4.78 is 0. The van der Waals surface area contributed by atoms with Gasteiger partial charge in [0.15, 0.2) is 0 Å². The molecule has 1 unspecified atom stereocenters. The number of hydrogen-bond acceptors (Lipinski definition) is 1. The Bertz CT molecular complexity index is 172. The van der Waals surface area contributed by atoms with Crippen LogP contribution in [0.25, 0.3) is 0 Å². The van der Waals surface area contributed by atoms with Gasteiger partial charge in [-0.05, 0) is 30.2 Å². The highest BCUT2D eigenvalue weighted by atomic mass is 14.9. The molecule has 104 valence electrons. The number of hydrogen-bond donors (Lipinski definition) is 1.